The predicted molar refractivity (Wildman–Crippen MR) is 150 cm³/mol. The van der Waals surface area contributed by atoms with Crippen LogP contribution in [0.25, 0.3) is 0 Å². The van der Waals surface area contributed by atoms with Crippen LogP contribution in [0.4, 0.5) is 0 Å². The SMILES string of the molecule is COc1cc(CO)cc2c1OC1C2C(C(=O)NCCO)=CC(N(Cc2ccc(C)cc2)C(=O)CCCC(C)=O)C1O. The first-order valence-corrected chi connectivity index (χ1v) is 13.8. The molecule has 4 rings (SSSR count). The molecule has 0 bridgehead atoms. The molecule has 0 radical (unpaired) electrons. The van der Waals surface area contributed by atoms with Crippen LogP contribution in [0.15, 0.2) is 48.0 Å². The van der Waals surface area contributed by atoms with Crippen LogP contribution in [0.1, 0.15) is 54.4 Å². The normalized spacial score (nSPS) is 20.8. The number of methoxy groups -OCH3 is 1. The van der Waals surface area contributed by atoms with Crippen molar-refractivity contribution in [3.8, 4) is 11.5 Å². The van der Waals surface area contributed by atoms with Gasteiger partial charge in [-0.05, 0) is 49.6 Å². The van der Waals surface area contributed by atoms with Gasteiger partial charge in [0.05, 0.1) is 32.3 Å². The van der Waals surface area contributed by atoms with E-state index in [1.807, 2.05) is 31.2 Å². The van der Waals surface area contributed by atoms with Crippen molar-refractivity contribution in [3.05, 3.63) is 70.3 Å². The summed E-state index contributed by atoms with van der Waals surface area (Å²) in [6.45, 7) is 3.11. The molecular weight excluding hydrogens is 528 g/mol. The monoisotopic (exact) mass is 566 g/mol. The van der Waals surface area contributed by atoms with Gasteiger partial charge >= 0.3 is 0 Å². The lowest BCUT2D eigenvalue weighted by molar-refractivity contribution is -0.138. The molecule has 0 spiro atoms. The smallest absolute Gasteiger partial charge is 0.247 e. The number of carbonyl (C=O) groups excluding carboxylic acids is 3. The standard InChI is InChI=1S/C31H38N2O8/c1-18-7-9-20(10-8-18)16-33(26(37)6-4-5-19(2)36)24-15-23(31(39)32-11-12-34)27-22-13-21(17-35)14-25(40-3)29(22)41-30(27)28(24)38/h7-10,13-15,24,27-28,30,34-35,38H,4-6,11-12,16-17H2,1-3H3,(H,32,39). The van der Waals surface area contributed by atoms with E-state index in [2.05, 4.69) is 5.32 Å². The van der Waals surface area contributed by atoms with Crippen molar-refractivity contribution in [2.45, 2.75) is 70.4 Å². The Balaban J connectivity index is 1.78. The maximum atomic E-state index is 13.6. The second kappa shape index (κ2) is 13.3. The highest BCUT2D eigenvalue weighted by molar-refractivity contribution is 5.96. The van der Waals surface area contributed by atoms with Crippen molar-refractivity contribution < 1.29 is 39.2 Å². The molecule has 0 aromatic heterocycles. The first kappa shape index (κ1) is 30.2. The summed E-state index contributed by atoms with van der Waals surface area (Å²) in [4.78, 5) is 40.2. The van der Waals surface area contributed by atoms with Crippen LogP contribution in [0.3, 0.4) is 0 Å². The number of aliphatic hydroxyl groups excluding tert-OH is 3. The number of ketones is 1. The third kappa shape index (κ3) is 6.61. The highest BCUT2D eigenvalue weighted by Crippen LogP contribution is 2.51. The van der Waals surface area contributed by atoms with Gasteiger partial charge in [-0.1, -0.05) is 29.8 Å². The van der Waals surface area contributed by atoms with Gasteiger partial charge in [0.2, 0.25) is 11.8 Å². The van der Waals surface area contributed by atoms with E-state index in [0.29, 0.717) is 29.0 Å². The second-order valence-electron chi connectivity index (χ2n) is 10.6. The molecule has 4 N–H and O–H groups in total. The number of carbonyl (C=O) groups is 3. The van der Waals surface area contributed by atoms with Gasteiger partial charge in [0.1, 0.15) is 18.0 Å². The number of hydrogen-bond donors (Lipinski definition) is 4. The number of fused-ring (bicyclic) bond motifs is 3. The molecule has 0 fully saturated rings. The number of Topliss-reactive ketones (excluding diaryl/α,β-unsaturated/α-hetero) is 1. The average molecular weight is 567 g/mol. The maximum absolute atomic E-state index is 13.6. The molecule has 2 aliphatic rings. The summed E-state index contributed by atoms with van der Waals surface area (Å²) < 4.78 is 11.8. The van der Waals surface area contributed by atoms with Gasteiger partial charge in [-0.2, -0.15) is 0 Å². The Kier molecular flexibility index (Phi) is 9.80. The number of hydrogen-bond acceptors (Lipinski definition) is 8. The molecule has 1 aliphatic carbocycles. The number of rotatable bonds is 12. The van der Waals surface area contributed by atoms with Crippen molar-refractivity contribution in [2.24, 2.45) is 0 Å². The van der Waals surface area contributed by atoms with E-state index in [1.165, 1.54) is 18.9 Å². The lowest BCUT2D eigenvalue weighted by Gasteiger charge is -2.41. The maximum Gasteiger partial charge on any atom is 0.247 e. The number of amides is 2. The molecule has 10 nitrogen and oxygen atoms in total. The summed E-state index contributed by atoms with van der Waals surface area (Å²) in [7, 11) is 1.47. The lowest BCUT2D eigenvalue weighted by Crippen LogP contribution is -2.55. The Morgan fingerprint density at radius 1 is 1.07 bits per heavy atom. The number of aliphatic hydroxyl groups is 3. The quantitative estimate of drug-likeness (QED) is 0.305. The molecule has 2 aromatic rings. The molecule has 0 saturated carbocycles. The van der Waals surface area contributed by atoms with E-state index < -0.39 is 30.1 Å². The molecule has 41 heavy (non-hydrogen) atoms. The largest absolute Gasteiger partial charge is 0.493 e. The predicted octanol–water partition coefficient (Wildman–Crippen LogP) is 1.91. The number of aryl methyl sites for hydroxylation is 1. The molecular formula is C31H38N2O8. The summed E-state index contributed by atoms with van der Waals surface area (Å²) in [6, 6.07) is 10.1. The minimum Gasteiger partial charge on any atom is -0.493 e. The van der Waals surface area contributed by atoms with E-state index >= 15 is 0 Å². The molecule has 0 saturated heterocycles. The number of benzene rings is 2. The van der Waals surface area contributed by atoms with E-state index in [9.17, 15) is 29.7 Å². The van der Waals surface area contributed by atoms with Crippen LogP contribution in [0.5, 0.6) is 11.5 Å². The zero-order valence-electron chi connectivity index (χ0n) is 23.6. The number of nitrogens with zero attached hydrogens (tertiary/aromatic N) is 1. The fourth-order valence-electron chi connectivity index (χ4n) is 5.50. The van der Waals surface area contributed by atoms with Gasteiger partial charge in [-0.25, -0.2) is 0 Å². The van der Waals surface area contributed by atoms with Gasteiger partial charge in [0, 0.05) is 37.1 Å². The van der Waals surface area contributed by atoms with Crippen molar-refractivity contribution in [1.82, 2.24) is 10.2 Å². The van der Waals surface area contributed by atoms with Crippen LogP contribution >= 0.6 is 0 Å². The summed E-state index contributed by atoms with van der Waals surface area (Å²) >= 11 is 0. The third-order valence-electron chi connectivity index (χ3n) is 7.57. The highest BCUT2D eigenvalue weighted by atomic mass is 16.5. The van der Waals surface area contributed by atoms with Crippen molar-refractivity contribution >= 4 is 17.6 Å². The Hall–Kier alpha value is -3.73. The molecule has 4 unspecified atom stereocenters. The van der Waals surface area contributed by atoms with Crippen LogP contribution in [0, 0.1) is 6.92 Å². The Labute approximate surface area is 239 Å². The average Bonchev–Trinajstić information content (AvgIpc) is 3.35. The summed E-state index contributed by atoms with van der Waals surface area (Å²) in [6.07, 6.45) is 0.181. The molecule has 1 aliphatic heterocycles. The zero-order chi connectivity index (χ0) is 29.7. The second-order valence-corrected chi connectivity index (χ2v) is 10.6. The van der Waals surface area contributed by atoms with Crippen LogP contribution < -0.4 is 14.8 Å². The number of ether oxygens (including phenoxy) is 2. The van der Waals surface area contributed by atoms with Crippen molar-refractivity contribution in [2.75, 3.05) is 20.3 Å². The molecule has 2 aromatic carbocycles. The highest BCUT2D eigenvalue weighted by Gasteiger charge is 2.51. The summed E-state index contributed by atoms with van der Waals surface area (Å²) in [5, 5.41) is 33.6. The third-order valence-corrected chi connectivity index (χ3v) is 7.57. The molecule has 10 heteroatoms. The minimum atomic E-state index is -1.22. The fourth-order valence-corrected chi connectivity index (χ4v) is 5.50. The summed E-state index contributed by atoms with van der Waals surface area (Å²) in [5.41, 5.74) is 3.32. The van der Waals surface area contributed by atoms with Gasteiger partial charge in [-0.15, -0.1) is 0 Å². The van der Waals surface area contributed by atoms with Gasteiger partial charge in [0.15, 0.2) is 11.5 Å². The Morgan fingerprint density at radius 2 is 1.80 bits per heavy atom. The van der Waals surface area contributed by atoms with Gasteiger partial charge in [0.25, 0.3) is 0 Å². The van der Waals surface area contributed by atoms with Gasteiger partial charge in [-0.3, -0.25) is 9.59 Å². The first-order valence-electron chi connectivity index (χ1n) is 13.8. The Bertz CT molecular complexity index is 1310. The fraction of sp³-hybridized carbons (Fsp3) is 0.452. The van der Waals surface area contributed by atoms with E-state index in [-0.39, 0.29) is 56.4 Å². The van der Waals surface area contributed by atoms with Crippen LogP contribution in [0.2, 0.25) is 0 Å². The van der Waals surface area contributed by atoms with E-state index in [1.54, 1.807) is 18.2 Å². The zero-order valence-corrected chi connectivity index (χ0v) is 23.6. The number of nitrogens with one attached hydrogen (secondary N) is 1. The summed E-state index contributed by atoms with van der Waals surface area (Å²) in [5.74, 6) is -0.731. The minimum absolute atomic E-state index is 0.0144. The van der Waals surface area contributed by atoms with E-state index in [4.69, 9.17) is 9.47 Å². The molecule has 1 heterocycles. The van der Waals surface area contributed by atoms with Gasteiger partial charge < -0.3 is 39.8 Å². The lowest BCUT2D eigenvalue weighted by atomic mass is 9.77. The topological polar surface area (TPSA) is 146 Å². The van der Waals surface area contributed by atoms with Crippen LogP contribution in [-0.4, -0.2) is 76.3 Å². The van der Waals surface area contributed by atoms with Crippen LogP contribution in [-0.2, 0) is 27.5 Å². The van der Waals surface area contributed by atoms with Crippen molar-refractivity contribution in [1.29, 1.82) is 0 Å². The van der Waals surface area contributed by atoms with Crippen molar-refractivity contribution in [3.63, 3.8) is 0 Å². The molecule has 220 valence electrons. The van der Waals surface area contributed by atoms with E-state index in [0.717, 1.165) is 11.1 Å². The molecule has 4 atom stereocenters. The molecule has 2 amide bonds. The Morgan fingerprint density at radius 3 is 2.44 bits per heavy atom. The first-order chi connectivity index (χ1) is 19.7.